The number of thiocarbonyl (C=S) groups is 1. The van der Waals surface area contributed by atoms with Gasteiger partial charge in [-0.25, -0.2) is 4.99 Å². The Morgan fingerprint density at radius 3 is 3.18 bits per heavy atom. The van der Waals surface area contributed by atoms with Gasteiger partial charge in [0.05, 0.1) is 11.7 Å². The molecule has 0 saturated carbocycles. The molecule has 0 fully saturated rings. The SMILES string of the molecule is CCc1ccsc1CN=C=S. The highest BCUT2D eigenvalue weighted by atomic mass is 32.1. The monoisotopic (exact) mass is 183 g/mol. The molecule has 11 heavy (non-hydrogen) atoms. The number of nitrogens with zero attached hydrogens (tertiary/aromatic N) is 1. The lowest BCUT2D eigenvalue weighted by Gasteiger charge is -1.93. The van der Waals surface area contributed by atoms with Crippen molar-refractivity contribution in [2.45, 2.75) is 19.9 Å². The normalized spacial score (nSPS) is 9.18. The van der Waals surface area contributed by atoms with Crippen molar-refractivity contribution >= 4 is 28.7 Å². The van der Waals surface area contributed by atoms with E-state index >= 15 is 0 Å². The van der Waals surface area contributed by atoms with E-state index in [-0.39, 0.29) is 0 Å². The number of isothiocyanates is 1. The van der Waals surface area contributed by atoms with Crippen LogP contribution in [0, 0.1) is 0 Å². The Morgan fingerprint density at radius 1 is 1.73 bits per heavy atom. The Labute approximate surface area is 75.8 Å². The van der Waals surface area contributed by atoms with E-state index in [9.17, 15) is 0 Å². The standard InChI is InChI=1S/C8H9NS2/c1-2-7-3-4-11-8(7)5-9-6-10/h3-4H,2,5H2,1H3. The van der Waals surface area contributed by atoms with E-state index in [2.05, 4.69) is 40.7 Å². The summed E-state index contributed by atoms with van der Waals surface area (Å²) in [5.41, 5.74) is 1.38. The summed E-state index contributed by atoms with van der Waals surface area (Å²) in [6.07, 6.45) is 1.08. The molecular weight excluding hydrogens is 174 g/mol. The molecule has 0 spiro atoms. The minimum absolute atomic E-state index is 0.699. The highest BCUT2D eigenvalue weighted by molar-refractivity contribution is 7.78. The van der Waals surface area contributed by atoms with Gasteiger partial charge < -0.3 is 0 Å². The molecule has 0 aromatic carbocycles. The van der Waals surface area contributed by atoms with Crippen LogP contribution in [-0.4, -0.2) is 5.16 Å². The molecule has 0 atom stereocenters. The predicted octanol–water partition coefficient (Wildman–Crippen LogP) is 2.91. The van der Waals surface area contributed by atoms with Crippen LogP contribution in [0.25, 0.3) is 0 Å². The molecule has 1 aromatic heterocycles. The van der Waals surface area contributed by atoms with Crippen molar-refractivity contribution in [2.75, 3.05) is 0 Å². The van der Waals surface area contributed by atoms with E-state index in [1.54, 1.807) is 11.3 Å². The summed E-state index contributed by atoms with van der Waals surface area (Å²) >= 11 is 6.23. The van der Waals surface area contributed by atoms with Crippen LogP contribution < -0.4 is 0 Å². The fourth-order valence-corrected chi connectivity index (χ4v) is 1.89. The second kappa shape index (κ2) is 4.39. The Hall–Kier alpha value is -0.500. The van der Waals surface area contributed by atoms with Crippen molar-refractivity contribution in [1.29, 1.82) is 0 Å². The summed E-state index contributed by atoms with van der Waals surface area (Å²) in [7, 11) is 0. The zero-order valence-electron chi connectivity index (χ0n) is 6.33. The zero-order chi connectivity index (χ0) is 8.10. The molecule has 0 amide bonds. The highest BCUT2D eigenvalue weighted by Gasteiger charge is 1.99. The number of rotatable bonds is 3. The summed E-state index contributed by atoms with van der Waals surface area (Å²) < 4.78 is 0. The summed E-state index contributed by atoms with van der Waals surface area (Å²) in [6, 6.07) is 2.14. The van der Waals surface area contributed by atoms with Gasteiger partial charge in [-0.3, -0.25) is 0 Å². The minimum atomic E-state index is 0.699. The van der Waals surface area contributed by atoms with Crippen LogP contribution in [0.5, 0.6) is 0 Å². The van der Waals surface area contributed by atoms with Crippen molar-refractivity contribution in [1.82, 2.24) is 0 Å². The van der Waals surface area contributed by atoms with Crippen molar-refractivity contribution in [2.24, 2.45) is 4.99 Å². The first kappa shape index (κ1) is 8.60. The van der Waals surface area contributed by atoms with Crippen LogP contribution in [0.4, 0.5) is 0 Å². The third-order valence-electron chi connectivity index (χ3n) is 1.51. The van der Waals surface area contributed by atoms with Gasteiger partial charge in [0, 0.05) is 4.88 Å². The van der Waals surface area contributed by atoms with Crippen LogP contribution in [-0.2, 0) is 13.0 Å². The average Bonchev–Trinajstić information content (AvgIpc) is 2.47. The van der Waals surface area contributed by atoms with E-state index in [4.69, 9.17) is 0 Å². The molecule has 1 aromatic rings. The van der Waals surface area contributed by atoms with Gasteiger partial charge in [0.2, 0.25) is 0 Å². The molecular formula is C8H9NS2. The average molecular weight is 183 g/mol. The van der Waals surface area contributed by atoms with Crippen LogP contribution in [0.3, 0.4) is 0 Å². The maximum atomic E-state index is 4.49. The van der Waals surface area contributed by atoms with Crippen LogP contribution in [0.2, 0.25) is 0 Å². The van der Waals surface area contributed by atoms with Crippen molar-refractivity contribution in [3.8, 4) is 0 Å². The summed E-state index contributed by atoms with van der Waals surface area (Å²) in [4.78, 5) is 5.21. The van der Waals surface area contributed by atoms with Gasteiger partial charge in [0.15, 0.2) is 0 Å². The molecule has 0 bridgehead atoms. The van der Waals surface area contributed by atoms with E-state index < -0.39 is 0 Å². The number of thiophene rings is 1. The number of aliphatic imine (C=N–C) groups is 1. The summed E-state index contributed by atoms with van der Waals surface area (Å²) in [5.74, 6) is 0. The number of hydrogen-bond acceptors (Lipinski definition) is 3. The molecule has 0 unspecified atom stereocenters. The Balaban J connectivity index is 2.75. The van der Waals surface area contributed by atoms with Crippen molar-refractivity contribution in [3.05, 3.63) is 21.9 Å². The molecule has 0 N–H and O–H groups in total. The topological polar surface area (TPSA) is 12.4 Å². The highest BCUT2D eigenvalue weighted by Crippen LogP contribution is 2.17. The lowest BCUT2D eigenvalue weighted by Crippen LogP contribution is -1.82. The second-order valence-electron chi connectivity index (χ2n) is 2.13. The summed E-state index contributed by atoms with van der Waals surface area (Å²) in [6.45, 7) is 2.84. The Morgan fingerprint density at radius 2 is 2.55 bits per heavy atom. The van der Waals surface area contributed by atoms with Gasteiger partial charge in [-0.15, -0.1) is 11.3 Å². The maximum Gasteiger partial charge on any atom is 0.0838 e. The van der Waals surface area contributed by atoms with Crippen molar-refractivity contribution < 1.29 is 0 Å². The first-order chi connectivity index (χ1) is 5.38. The van der Waals surface area contributed by atoms with Crippen molar-refractivity contribution in [3.63, 3.8) is 0 Å². The van der Waals surface area contributed by atoms with Gasteiger partial charge in [0.25, 0.3) is 0 Å². The number of hydrogen-bond donors (Lipinski definition) is 0. The molecule has 0 radical (unpaired) electrons. The van der Waals surface area contributed by atoms with Crippen LogP contribution >= 0.6 is 23.6 Å². The van der Waals surface area contributed by atoms with Gasteiger partial charge >= 0.3 is 0 Å². The first-order valence-corrected chi connectivity index (χ1v) is 4.76. The molecule has 0 aliphatic carbocycles. The van der Waals surface area contributed by atoms with E-state index in [1.165, 1.54) is 10.4 Å². The molecule has 0 aliphatic rings. The fraction of sp³-hybridized carbons (Fsp3) is 0.375. The van der Waals surface area contributed by atoms with Crippen LogP contribution in [0.15, 0.2) is 16.4 Å². The lowest BCUT2D eigenvalue weighted by molar-refractivity contribution is 1.05. The van der Waals surface area contributed by atoms with Gasteiger partial charge in [-0.1, -0.05) is 6.92 Å². The van der Waals surface area contributed by atoms with Gasteiger partial charge in [-0.2, -0.15) is 0 Å². The minimum Gasteiger partial charge on any atom is -0.227 e. The van der Waals surface area contributed by atoms with Crippen LogP contribution in [0.1, 0.15) is 17.4 Å². The van der Waals surface area contributed by atoms with Gasteiger partial charge in [-0.05, 0) is 35.6 Å². The predicted molar refractivity (Wildman–Crippen MR) is 52.4 cm³/mol. The molecule has 1 heterocycles. The smallest absolute Gasteiger partial charge is 0.0838 e. The molecule has 58 valence electrons. The number of aryl methyl sites for hydroxylation is 1. The molecule has 1 rings (SSSR count). The van der Waals surface area contributed by atoms with E-state index in [0.29, 0.717) is 6.54 Å². The third kappa shape index (κ3) is 2.22. The molecule has 3 heteroatoms. The molecule has 0 saturated heterocycles. The maximum absolute atomic E-state index is 4.49. The second-order valence-corrected chi connectivity index (χ2v) is 3.31. The lowest BCUT2D eigenvalue weighted by atomic mass is 10.2. The largest absolute Gasteiger partial charge is 0.227 e. The fourth-order valence-electron chi connectivity index (χ4n) is 0.925. The molecule has 1 nitrogen and oxygen atoms in total. The molecule has 0 aliphatic heterocycles. The Kier molecular flexibility index (Phi) is 3.43. The van der Waals surface area contributed by atoms with Gasteiger partial charge in [0.1, 0.15) is 0 Å². The zero-order valence-corrected chi connectivity index (χ0v) is 7.97. The van der Waals surface area contributed by atoms with E-state index in [1.807, 2.05) is 0 Å². The first-order valence-electron chi connectivity index (χ1n) is 3.47. The summed E-state index contributed by atoms with van der Waals surface area (Å²) in [5, 5.41) is 4.46. The van der Waals surface area contributed by atoms with E-state index in [0.717, 1.165) is 6.42 Å². The third-order valence-corrected chi connectivity index (χ3v) is 2.58. The Bertz CT molecular complexity index is 271. The quantitative estimate of drug-likeness (QED) is 0.518.